The van der Waals surface area contributed by atoms with Gasteiger partial charge in [-0.2, -0.15) is 8.78 Å². The van der Waals surface area contributed by atoms with Crippen molar-refractivity contribution in [2.75, 3.05) is 13.2 Å². The molecular formula is C23H29F2IN4O3. The van der Waals surface area contributed by atoms with Gasteiger partial charge in [0, 0.05) is 24.7 Å². The van der Waals surface area contributed by atoms with E-state index < -0.39 is 6.61 Å². The van der Waals surface area contributed by atoms with E-state index in [1.807, 2.05) is 25.1 Å². The van der Waals surface area contributed by atoms with Gasteiger partial charge in [-0.25, -0.2) is 4.99 Å². The molecule has 0 saturated heterocycles. The van der Waals surface area contributed by atoms with E-state index in [0.29, 0.717) is 36.4 Å². The molecule has 0 aliphatic heterocycles. The number of benzene rings is 2. The molecule has 1 aliphatic carbocycles. The number of aliphatic imine (C=N–C) groups is 1. The summed E-state index contributed by atoms with van der Waals surface area (Å²) in [6, 6.07) is 14.3. The largest absolute Gasteiger partial charge is 0.484 e. The number of carbonyl (C=O) groups is 1. The van der Waals surface area contributed by atoms with Gasteiger partial charge in [-0.15, -0.1) is 24.0 Å². The van der Waals surface area contributed by atoms with Crippen molar-refractivity contribution in [3.8, 4) is 11.5 Å². The van der Waals surface area contributed by atoms with Crippen LogP contribution in [-0.4, -0.2) is 37.7 Å². The molecule has 0 heterocycles. The van der Waals surface area contributed by atoms with Crippen LogP contribution in [0.5, 0.6) is 11.5 Å². The summed E-state index contributed by atoms with van der Waals surface area (Å²) in [6.45, 7) is 0.316. The van der Waals surface area contributed by atoms with Gasteiger partial charge in [-0.1, -0.05) is 30.3 Å². The summed E-state index contributed by atoms with van der Waals surface area (Å²) in [4.78, 5) is 16.3. The Hall–Kier alpha value is -2.63. The number of rotatable bonds is 11. The van der Waals surface area contributed by atoms with Crippen molar-refractivity contribution in [3.05, 3.63) is 59.7 Å². The Bertz CT molecular complexity index is 926. The van der Waals surface area contributed by atoms with Crippen LogP contribution in [0, 0.1) is 0 Å². The molecule has 0 aromatic heterocycles. The van der Waals surface area contributed by atoms with Crippen LogP contribution in [0.15, 0.2) is 53.5 Å². The average Bonchev–Trinajstić information content (AvgIpc) is 3.59. The second-order valence-corrected chi connectivity index (χ2v) is 7.31. The highest BCUT2D eigenvalue weighted by Crippen LogP contribution is 2.20. The number of amides is 1. The highest BCUT2D eigenvalue weighted by molar-refractivity contribution is 14.0. The van der Waals surface area contributed by atoms with E-state index in [2.05, 4.69) is 25.7 Å². The summed E-state index contributed by atoms with van der Waals surface area (Å²) in [7, 11) is 0. The molecule has 1 fully saturated rings. The summed E-state index contributed by atoms with van der Waals surface area (Å²) < 4.78 is 35.4. The first-order chi connectivity index (χ1) is 15.5. The van der Waals surface area contributed by atoms with Gasteiger partial charge in [-0.3, -0.25) is 4.79 Å². The third kappa shape index (κ3) is 9.80. The first-order valence-electron chi connectivity index (χ1n) is 10.6. The minimum atomic E-state index is -2.88. The lowest BCUT2D eigenvalue weighted by Crippen LogP contribution is -2.36. The number of para-hydroxylation sites is 1. The number of hydrogen-bond acceptors (Lipinski definition) is 4. The van der Waals surface area contributed by atoms with Crippen molar-refractivity contribution in [2.45, 2.75) is 45.5 Å². The number of nitrogens with zero attached hydrogens (tertiary/aromatic N) is 1. The van der Waals surface area contributed by atoms with Gasteiger partial charge in [0.25, 0.3) is 5.91 Å². The highest BCUT2D eigenvalue weighted by atomic mass is 127. The fourth-order valence-corrected chi connectivity index (χ4v) is 2.93. The Labute approximate surface area is 209 Å². The number of alkyl halides is 2. The average molecular weight is 574 g/mol. The lowest BCUT2D eigenvalue weighted by molar-refractivity contribution is -0.123. The number of carbonyl (C=O) groups excluding carboxylic acids is 1. The Morgan fingerprint density at radius 1 is 1.15 bits per heavy atom. The van der Waals surface area contributed by atoms with Gasteiger partial charge >= 0.3 is 6.61 Å². The molecule has 0 radical (unpaired) electrons. The Morgan fingerprint density at radius 2 is 1.94 bits per heavy atom. The molecule has 3 rings (SSSR count). The third-order valence-electron chi connectivity index (χ3n) is 4.61. The molecule has 1 saturated carbocycles. The summed E-state index contributed by atoms with van der Waals surface area (Å²) in [5.74, 6) is 1.14. The van der Waals surface area contributed by atoms with Gasteiger partial charge in [-0.05, 0) is 43.5 Å². The van der Waals surface area contributed by atoms with Gasteiger partial charge < -0.3 is 25.4 Å². The molecule has 10 heteroatoms. The molecule has 7 nitrogen and oxygen atoms in total. The van der Waals surface area contributed by atoms with Crippen molar-refractivity contribution in [3.63, 3.8) is 0 Å². The van der Waals surface area contributed by atoms with E-state index in [1.165, 1.54) is 6.07 Å². The zero-order chi connectivity index (χ0) is 22.8. The smallest absolute Gasteiger partial charge is 0.387 e. The minimum absolute atomic E-state index is 0. The minimum Gasteiger partial charge on any atom is -0.484 e. The third-order valence-corrected chi connectivity index (χ3v) is 4.61. The molecule has 0 spiro atoms. The predicted molar refractivity (Wildman–Crippen MR) is 133 cm³/mol. The molecule has 1 amide bonds. The van der Waals surface area contributed by atoms with E-state index >= 15 is 0 Å². The van der Waals surface area contributed by atoms with Gasteiger partial charge in [0.15, 0.2) is 12.6 Å². The molecule has 180 valence electrons. The second kappa shape index (κ2) is 13.8. The number of hydrogen-bond donors (Lipinski definition) is 3. The monoisotopic (exact) mass is 574 g/mol. The van der Waals surface area contributed by atoms with Crippen LogP contribution in [0.4, 0.5) is 8.78 Å². The molecule has 2 aromatic carbocycles. The fraction of sp³-hybridized carbons (Fsp3) is 0.391. The van der Waals surface area contributed by atoms with Crippen molar-refractivity contribution >= 4 is 35.8 Å². The molecule has 0 bridgehead atoms. The number of nitrogens with one attached hydrogen (secondary N) is 3. The molecule has 33 heavy (non-hydrogen) atoms. The van der Waals surface area contributed by atoms with Crippen molar-refractivity contribution < 1.29 is 23.0 Å². The predicted octanol–water partition coefficient (Wildman–Crippen LogP) is 3.82. The molecule has 2 aromatic rings. The maximum atomic E-state index is 12.6. The van der Waals surface area contributed by atoms with Crippen LogP contribution in [-0.2, 0) is 17.9 Å². The van der Waals surface area contributed by atoms with E-state index in [0.717, 1.165) is 18.4 Å². The zero-order valence-corrected chi connectivity index (χ0v) is 20.7. The molecule has 3 N–H and O–H groups in total. The van der Waals surface area contributed by atoms with Crippen molar-refractivity contribution in [1.82, 2.24) is 16.0 Å². The fourth-order valence-electron chi connectivity index (χ4n) is 2.93. The molecule has 0 unspecified atom stereocenters. The summed E-state index contributed by atoms with van der Waals surface area (Å²) in [5, 5.41) is 9.14. The van der Waals surface area contributed by atoms with Gasteiger partial charge in [0.2, 0.25) is 0 Å². The van der Waals surface area contributed by atoms with E-state index in [-0.39, 0.29) is 48.8 Å². The van der Waals surface area contributed by atoms with E-state index in [9.17, 15) is 13.6 Å². The molecular weight excluding hydrogens is 545 g/mol. The Balaban J connectivity index is 0.00000385. The van der Waals surface area contributed by atoms with E-state index in [1.54, 1.807) is 24.3 Å². The zero-order valence-electron chi connectivity index (χ0n) is 18.4. The summed E-state index contributed by atoms with van der Waals surface area (Å²) >= 11 is 0. The lowest BCUT2D eigenvalue weighted by Gasteiger charge is -2.14. The van der Waals surface area contributed by atoms with E-state index in [4.69, 9.17) is 4.74 Å². The highest BCUT2D eigenvalue weighted by Gasteiger charge is 2.23. The Kier molecular flexibility index (Phi) is 11.1. The molecule has 1 aliphatic rings. The number of ether oxygens (including phenoxy) is 2. The maximum absolute atomic E-state index is 12.6. The first-order valence-corrected chi connectivity index (χ1v) is 10.6. The lowest BCUT2D eigenvalue weighted by atomic mass is 10.2. The van der Waals surface area contributed by atoms with Crippen LogP contribution < -0.4 is 25.4 Å². The standard InChI is InChI=1S/C23H28F2N4O3.HI/c1-2-26-23(28-14-17-7-3-4-9-20(17)32-22(24)25)27-13-16-6-5-8-19(12-16)31-15-21(30)29-18-10-11-18;/h3-9,12,18,22H,2,10-11,13-15H2,1H3,(H,29,30)(H2,26,27,28);1H. The van der Waals surface area contributed by atoms with Gasteiger partial charge in [0.05, 0.1) is 6.54 Å². The summed E-state index contributed by atoms with van der Waals surface area (Å²) in [6.07, 6.45) is 2.07. The number of halogens is 3. The van der Waals surface area contributed by atoms with Crippen LogP contribution in [0.1, 0.15) is 30.9 Å². The van der Waals surface area contributed by atoms with Crippen LogP contribution in [0.3, 0.4) is 0 Å². The summed E-state index contributed by atoms with van der Waals surface area (Å²) in [5.41, 5.74) is 1.50. The normalized spacial score (nSPS) is 13.2. The number of guanidine groups is 1. The van der Waals surface area contributed by atoms with Crippen molar-refractivity contribution in [1.29, 1.82) is 0 Å². The Morgan fingerprint density at radius 3 is 2.67 bits per heavy atom. The van der Waals surface area contributed by atoms with Crippen LogP contribution in [0.25, 0.3) is 0 Å². The van der Waals surface area contributed by atoms with Crippen LogP contribution >= 0.6 is 24.0 Å². The van der Waals surface area contributed by atoms with Crippen LogP contribution in [0.2, 0.25) is 0 Å². The van der Waals surface area contributed by atoms with Gasteiger partial charge in [0.1, 0.15) is 11.5 Å². The SMILES string of the molecule is CCNC(=NCc1cccc(OCC(=O)NC2CC2)c1)NCc1ccccc1OC(F)F.I. The topological polar surface area (TPSA) is 84.0 Å². The maximum Gasteiger partial charge on any atom is 0.387 e. The first kappa shape index (κ1) is 26.6. The molecule has 0 atom stereocenters. The quantitative estimate of drug-likeness (QED) is 0.216. The second-order valence-electron chi connectivity index (χ2n) is 7.31. The van der Waals surface area contributed by atoms with Crippen molar-refractivity contribution in [2.24, 2.45) is 4.99 Å².